The molecule has 0 bridgehead atoms. The Morgan fingerprint density at radius 3 is 1.22 bits per heavy atom. The average Bonchev–Trinajstić information content (AvgIpc) is 1.68. The van der Waals surface area contributed by atoms with Gasteiger partial charge in [-0.3, -0.25) is 15.0 Å². The Balaban J connectivity index is 0.0000000965. The van der Waals surface area contributed by atoms with E-state index in [1.54, 1.807) is 31.0 Å². The van der Waals surface area contributed by atoms with Crippen LogP contribution in [0.2, 0.25) is 0 Å². The Labute approximate surface area is 569 Å². The topological polar surface area (TPSA) is 130 Å². The van der Waals surface area contributed by atoms with Gasteiger partial charge in [-0.15, -0.1) is 0 Å². The molecule has 10 aromatic heterocycles. The maximum absolute atomic E-state index is 5.83. The zero-order valence-electron chi connectivity index (χ0n) is 54.7. The molecule has 0 unspecified atom stereocenters. The number of pyridine rings is 5. The minimum absolute atomic E-state index is 0.695. The van der Waals surface area contributed by atoms with Gasteiger partial charge in [0.25, 0.3) is 0 Å². The molecular weight excluding hydrogens is 1220 g/mol. The van der Waals surface area contributed by atoms with Gasteiger partial charge in [0.15, 0.2) is 11.2 Å². The van der Waals surface area contributed by atoms with Gasteiger partial charge in [-0.2, -0.15) is 0 Å². The van der Waals surface area contributed by atoms with E-state index in [4.69, 9.17) is 22.1 Å². The van der Waals surface area contributed by atoms with Gasteiger partial charge in [0.1, 0.15) is 39.0 Å². The van der Waals surface area contributed by atoms with Crippen molar-refractivity contribution in [2.75, 3.05) is 0 Å². The van der Waals surface area contributed by atoms with Crippen LogP contribution in [0, 0.1) is 27.7 Å². The maximum Gasteiger partial charge on any atom is 0.227 e. The number of aromatic nitrogens is 5. The molecule has 0 atom stereocenters. The number of hydrogen-bond donors (Lipinski definition) is 0. The molecule has 20 rings (SSSR count). The molecule has 0 aliphatic rings. The first-order valence-corrected chi connectivity index (χ1v) is 32.8. The molecule has 0 spiro atoms. The summed E-state index contributed by atoms with van der Waals surface area (Å²) in [7, 11) is 0. The standard InChI is InChI=1S/4C18H13NO.C17H11NO/c1-12-4-2-5-13(10-12)14-7-8-16-15(11-14)18-17(20-16)6-3-9-19-18;1-12-4-2-5-13(10-12)14-7-8-17-16(11-14)15-6-3-9-19-18(15)20-17;1-12-3-2-4-13(9-12)14-5-6-17-15(10-14)16-11-19-8-7-18(16)20-17;1-12-3-2-4-13(9-12)14-5-6-17-16(10-14)15-7-8-19-11-18(15)20-17;1-2-6-12(7-3-1)13-10-15-14-8-4-5-9-16(14)19-17(15)18-11-13/h4*2-11H,1H3;1-11H. The summed E-state index contributed by atoms with van der Waals surface area (Å²) in [5.41, 5.74) is 26.4. The van der Waals surface area contributed by atoms with Gasteiger partial charge in [-0.1, -0.05) is 192 Å². The van der Waals surface area contributed by atoms with Gasteiger partial charge in [-0.05, 0) is 175 Å². The van der Waals surface area contributed by atoms with E-state index in [0.29, 0.717) is 11.4 Å². The van der Waals surface area contributed by atoms with Gasteiger partial charge >= 0.3 is 0 Å². The van der Waals surface area contributed by atoms with Crippen LogP contribution >= 0.6 is 0 Å². The van der Waals surface area contributed by atoms with E-state index < -0.39 is 0 Å². The molecule has 10 aromatic carbocycles. The van der Waals surface area contributed by atoms with Crippen LogP contribution in [0.15, 0.2) is 332 Å². The van der Waals surface area contributed by atoms with Gasteiger partial charge in [0.2, 0.25) is 11.4 Å². The third-order valence-corrected chi connectivity index (χ3v) is 17.8. The van der Waals surface area contributed by atoms with Crippen molar-refractivity contribution in [3.05, 3.63) is 333 Å². The molecule has 0 fully saturated rings. The second kappa shape index (κ2) is 26.6. The molecule has 0 saturated heterocycles. The largest absolute Gasteiger partial charge is 0.456 e. The van der Waals surface area contributed by atoms with Crippen LogP contribution in [0.3, 0.4) is 0 Å². The van der Waals surface area contributed by atoms with Gasteiger partial charge in [0, 0.05) is 91.2 Å². The summed E-state index contributed by atoms with van der Waals surface area (Å²) in [5, 5.41) is 9.87. The molecule has 10 nitrogen and oxygen atoms in total. The highest BCUT2D eigenvalue weighted by atomic mass is 16.3. The quantitative estimate of drug-likeness (QED) is 0.164. The van der Waals surface area contributed by atoms with E-state index >= 15 is 0 Å². The summed E-state index contributed by atoms with van der Waals surface area (Å²) in [4.78, 5) is 21.4. The zero-order chi connectivity index (χ0) is 66.8. The number of fused-ring (bicyclic) bond motifs is 15. The third-order valence-electron chi connectivity index (χ3n) is 17.8. The van der Waals surface area contributed by atoms with Crippen molar-refractivity contribution in [3.63, 3.8) is 0 Å². The summed E-state index contributed by atoms with van der Waals surface area (Å²) in [6.45, 7) is 8.44. The fourth-order valence-electron chi connectivity index (χ4n) is 12.9. The number of hydrogen-bond acceptors (Lipinski definition) is 10. The summed E-state index contributed by atoms with van der Waals surface area (Å²) in [6, 6.07) is 91.5. The Bertz CT molecular complexity index is 5710. The first kappa shape index (κ1) is 60.9. The van der Waals surface area contributed by atoms with Gasteiger partial charge in [-0.25, -0.2) is 9.97 Å². The number of benzene rings is 10. The van der Waals surface area contributed by atoms with E-state index in [2.05, 4.69) is 222 Å². The first-order chi connectivity index (χ1) is 48.7. The van der Waals surface area contributed by atoms with Crippen molar-refractivity contribution in [1.82, 2.24) is 24.9 Å². The molecule has 0 aliphatic carbocycles. The molecule has 0 saturated carbocycles. The Kier molecular flexibility index (Phi) is 16.4. The fourth-order valence-corrected chi connectivity index (χ4v) is 12.9. The molecule has 0 amide bonds. The summed E-state index contributed by atoms with van der Waals surface area (Å²) in [5.74, 6) is 0. The van der Waals surface area contributed by atoms with Crippen LogP contribution in [-0.4, -0.2) is 24.9 Å². The van der Waals surface area contributed by atoms with Crippen molar-refractivity contribution in [2.45, 2.75) is 27.7 Å². The van der Waals surface area contributed by atoms with Crippen LogP contribution in [0.1, 0.15) is 22.3 Å². The van der Waals surface area contributed by atoms with E-state index in [1.807, 2.05) is 109 Å². The lowest BCUT2D eigenvalue weighted by molar-refractivity contribution is 0.653. The predicted molar refractivity (Wildman–Crippen MR) is 404 cm³/mol. The van der Waals surface area contributed by atoms with Gasteiger partial charge in [0.05, 0.1) is 6.20 Å². The van der Waals surface area contributed by atoms with Crippen molar-refractivity contribution in [2.24, 2.45) is 0 Å². The molecule has 10 heteroatoms. The van der Waals surface area contributed by atoms with E-state index in [0.717, 1.165) is 104 Å². The number of aryl methyl sites for hydroxylation is 4. The zero-order valence-corrected chi connectivity index (χ0v) is 54.7. The molecule has 0 aliphatic heterocycles. The summed E-state index contributed by atoms with van der Waals surface area (Å²) < 4.78 is 28.9. The molecule has 99 heavy (non-hydrogen) atoms. The predicted octanol–water partition coefficient (Wildman–Crippen LogP) is 24.5. The second-order valence-electron chi connectivity index (χ2n) is 24.7. The summed E-state index contributed by atoms with van der Waals surface area (Å²) in [6.07, 6.45) is 12.6. The van der Waals surface area contributed by atoms with Crippen LogP contribution in [0.4, 0.5) is 0 Å². The maximum atomic E-state index is 5.83. The van der Waals surface area contributed by atoms with Gasteiger partial charge < -0.3 is 22.1 Å². The number of rotatable bonds is 5. The Morgan fingerprint density at radius 1 is 0.202 bits per heavy atom. The molecular formula is C89H63N5O5. The molecule has 0 N–H and O–H groups in total. The van der Waals surface area contributed by atoms with Crippen LogP contribution in [-0.2, 0) is 0 Å². The minimum Gasteiger partial charge on any atom is -0.456 e. The second-order valence-corrected chi connectivity index (χ2v) is 24.7. The van der Waals surface area contributed by atoms with Crippen LogP contribution in [0.5, 0.6) is 0 Å². The van der Waals surface area contributed by atoms with E-state index in [-0.39, 0.29) is 0 Å². The lowest BCUT2D eigenvalue weighted by Crippen LogP contribution is -1.79. The van der Waals surface area contributed by atoms with E-state index in [9.17, 15) is 0 Å². The lowest BCUT2D eigenvalue weighted by Gasteiger charge is -2.03. The Hall–Kier alpha value is -13.1. The van der Waals surface area contributed by atoms with Crippen molar-refractivity contribution < 1.29 is 22.1 Å². The number of furan rings is 5. The highest BCUT2D eigenvalue weighted by Gasteiger charge is 2.14. The third kappa shape index (κ3) is 12.7. The molecule has 10 heterocycles. The minimum atomic E-state index is 0.695. The van der Waals surface area contributed by atoms with Crippen molar-refractivity contribution >= 4 is 110 Å². The lowest BCUT2D eigenvalue weighted by atomic mass is 10.0. The van der Waals surface area contributed by atoms with Crippen molar-refractivity contribution in [3.8, 4) is 55.6 Å². The highest BCUT2D eigenvalue weighted by Crippen LogP contribution is 2.37. The summed E-state index contributed by atoms with van der Waals surface area (Å²) >= 11 is 0. The average molecular weight is 1280 g/mol. The monoisotopic (exact) mass is 1280 g/mol. The molecule has 0 radical (unpaired) electrons. The Morgan fingerprint density at radius 2 is 0.606 bits per heavy atom. The normalized spacial score (nSPS) is 11.2. The van der Waals surface area contributed by atoms with Crippen LogP contribution in [0.25, 0.3) is 166 Å². The van der Waals surface area contributed by atoms with Crippen molar-refractivity contribution in [1.29, 1.82) is 0 Å². The SMILES string of the molecule is Cc1cccc(-c2ccc3oc4cccnc4c3c2)c1.Cc1cccc(-c2ccc3oc4ccncc4c3c2)c1.Cc1cccc(-c2ccc3oc4cnccc4c3c2)c1.Cc1cccc(-c2ccc3oc4ncccc4c3c2)c1.c1ccc(-c2cnc3oc4ccccc4c3c2)cc1. The van der Waals surface area contributed by atoms with E-state index in [1.165, 1.54) is 72.3 Å². The fraction of sp³-hybridized carbons (Fsp3) is 0.0449. The molecule has 474 valence electrons. The number of para-hydroxylation sites is 1. The molecule has 20 aromatic rings. The first-order valence-electron chi connectivity index (χ1n) is 32.8. The van der Waals surface area contributed by atoms with Crippen LogP contribution < -0.4 is 0 Å². The number of nitrogens with zero attached hydrogens (tertiary/aromatic N) is 5. The highest BCUT2D eigenvalue weighted by molar-refractivity contribution is 6.09. The smallest absolute Gasteiger partial charge is 0.227 e.